The molecular formula is C96H140ClN7O24S. The molecule has 129 heavy (non-hydrogen) atoms. The molecule has 33 heteroatoms. The number of allylic oxidation sites excluding steroid dienone is 2. The summed E-state index contributed by atoms with van der Waals surface area (Å²) < 4.78 is 64.6. The van der Waals surface area contributed by atoms with Crippen LogP contribution in [-0.4, -0.2) is 247 Å². The van der Waals surface area contributed by atoms with Gasteiger partial charge in [-0.15, -0.1) is 16.2 Å². The number of methoxy groups -OCH3 is 2. The van der Waals surface area contributed by atoms with Gasteiger partial charge in [0, 0.05) is 99.9 Å². The van der Waals surface area contributed by atoms with E-state index in [-0.39, 0.29) is 55.5 Å². The van der Waals surface area contributed by atoms with Crippen LogP contribution in [-0.2, 0) is 84.3 Å². The summed E-state index contributed by atoms with van der Waals surface area (Å²) in [6.07, 6.45) is -0.270. The van der Waals surface area contributed by atoms with Crippen molar-refractivity contribution >= 4 is 70.1 Å². The Balaban J connectivity index is 0.000000332. The highest BCUT2D eigenvalue weighted by Crippen LogP contribution is 2.40. The van der Waals surface area contributed by atoms with E-state index in [2.05, 4.69) is 102 Å². The number of likely N-dealkylation sites (N-methyl/N-ethyl adjacent to an activating group) is 2. The molecule has 2 aromatic heterocycles. The summed E-state index contributed by atoms with van der Waals surface area (Å²) in [5.74, 6) is -2.98. The Hall–Kier alpha value is -8.78. The molecule has 716 valence electrons. The molecule has 0 saturated carbocycles. The largest absolute Gasteiger partial charge is 0.508 e. The Bertz CT molecular complexity index is 4540. The van der Waals surface area contributed by atoms with Crippen molar-refractivity contribution in [3.8, 4) is 5.75 Å². The zero-order valence-corrected chi connectivity index (χ0v) is 80.0. The number of aliphatic hydroxyl groups is 4. The summed E-state index contributed by atoms with van der Waals surface area (Å²) in [5.41, 5.74) is 14.8. The molecule has 6 heterocycles. The third-order valence-electron chi connectivity index (χ3n) is 22.0. The number of carbonyl (C=O) groups is 6. The predicted molar refractivity (Wildman–Crippen MR) is 494 cm³/mol. The second kappa shape index (κ2) is 54.9. The zero-order valence-electron chi connectivity index (χ0n) is 78.4. The average molecular weight is 1840 g/mol. The van der Waals surface area contributed by atoms with E-state index >= 15 is 0 Å². The van der Waals surface area contributed by atoms with Gasteiger partial charge in [-0.3, -0.25) is 19.3 Å². The number of thiophene rings is 1. The summed E-state index contributed by atoms with van der Waals surface area (Å²) in [6.45, 7) is 26.4. The Morgan fingerprint density at radius 3 is 2.09 bits per heavy atom. The van der Waals surface area contributed by atoms with Crippen LogP contribution in [0.3, 0.4) is 0 Å². The van der Waals surface area contributed by atoms with E-state index in [9.17, 15) is 58.9 Å². The van der Waals surface area contributed by atoms with E-state index in [1.807, 2.05) is 78.8 Å². The van der Waals surface area contributed by atoms with Gasteiger partial charge in [0.1, 0.15) is 65.9 Å². The molecule has 2 saturated heterocycles. The number of primary amides is 1. The number of rotatable bonds is 26. The van der Waals surface area contributed by atoms with Crippen LogP contribution in [0.2, 0.25) is 5.02 Å². The van der Waals surface area contributed by atoms with Gasteiger partial charge in [0.05, 0.1) is 61.5 Å². The number of hydrogen-bond donors (Lipinski definition) is 7. The van der Waals surface area contributed by atoms with Crippen molar-refractivity contribution in [2.24, 2.45) is 34.5 Å². The molecule has 6 aromatic rings. The highest BCUT2D eigenvalue weighted by molar-refractivity contribution is 7.10. The second-order valence-corrected chi connectivity index (χ2v) is 36.3. The number of nitrogens with zero attached hydrogens (tertiary/aromatic N) is 5. The number of urea groups is 1. The molecule has 31 nitrogen and oxygen atoms in total. The van der Waals surface area contributed by atoms with Crippen LogP contribution in [0, 0.1) is 36.5 Å². The number of fused-ring (bicyclic) bond motifs is 2. The number of cyclic esters (lactones) is 1. The number of nitroso groups, excluding NO2 is 1. The van der Waals surface area contributed by atoms with Gasteiger partial charge in [-0.2, -0.15) is 5.01 Å². The van der Waals surface area contributed by atoms with Crippen molar-refractivity contribution in [3.05, 3.63) is 197 Å². The number of aryl methyl sites for hydroxylation is 2. The third-order valence-corrected chi connectivity index (χ3v) is 23.3. The molecule has 0 radical (unpaired) electrons. The average Bonchev–Trinajstić information content (AvgIpc) is 1.15. The number of phenols is 1. The molecule has 19 atom stereocenters. The van der Waals surface area contributed by atoms with Crippen molar-refractivity contribution in [1.29, 1.82) is 0 Å². The van der Waals surface area contributed by atoms with E-state index in [0.29, 0.717) is 28.3 Å². The molecule has 0 bridgehead atoms. The molecular weight excluding hydrogens is 1700 g/mol. The van der Waals surface area contributed by atoms with Crippen molar-refractivity contribution in [2.45, 2.75) is 270 Å². The van der Waals surface area contributed by atoms with E-state index in [1.165, 1.54) is 67.5 Å². The molecule has 9 N–H and O–H groups in total. The summed E-state index contributed by atoms with van der Waals surface area (Å²) in [4.78, 5) is 100. The van der Waals surface area contributed by atoms with Crippen LogP contribution >= 0.6 is 22.9 Å². The van der Waals surface area contributed by atoms with E-state index < -0.39 is 145 Å². The van der Waals surface area contributed by atoms with Crippen LogP contribution in [0.15, 0.2) is 153 Å². The quantitative estimate of drug-likeness (QED) is 0.00662. The maximum absolute atomic E-state index is 13.2. The van der Waals surface area contributed by atoms with Crippen molar-refractivity contribution in [1.82, 2.24) is 19.7 Å². The number of hydrogen-bond acceptors (Lipinski definition) is 30. The third kappa shape index (κ3) is 37.1. The maximum Gasteiger partial charge on any atom is 0.337 e. The van der Waals surface area contributed by atoms with Crippen molar-refractivity contribution in [2.75, 3.05) is 69.2 Å². The Morgan fingerprint density at radius 1 is 0.845 bits per heavy atom. The topological polar surface area (TPSA) is 421 Å². The minimum atomic E-state index is -1.50. The molecule has 10 rings (SSSR count). The molecule has 0 spiro atoms. The number of esters is 4. The second-order valence-electron chi connectivity index (χ2n) is 34.9. The number of benzene rings is 4. The van der Waals surface area contributed by atoms with Gasteiger partial charge < -0.3 is 103 Å². The van der Waals surface area contributed by atoms with Gasteiger partial charge in [-0.25, -0.2) is 14.4 Å². The minimum Gasteiger partial charge on any atom is -0.508 e. The number of aldehydes is 1. The lowest BCUT2D eigenvalue weighted by molar-refractivity contribution is -0.344. The zero-order chi connectivity index (χ0) is 96.2. The minimum absolute atomic E-state index is 0.0114. The van der Waals surface area contributed by atoms with E-state index in [4.69, 9.17) is 74.2 Å². The first-order valence-electron chi connectivity index (χ1n) is 43.6. The molecule has 4 aromatic carbocycles. The highest BCUT2D eigenvalue weighted by atomic mass is 35.5. The fraction of sp³-hybridized carbons (Fsp3) is 0.573. The lowest BCUT2D eigenvalue weighted by Gasteiger charge is -2.50. The first-order chi connectivity index (χ1) is 60.8. The summed E-state index contributed by atoms with van der Waals surface area (Å²) in [6, 6.07) is 32.8. The number of aromatic hydroxyl groups is 1. The molecule has 3 unspecified atom stereocenters. The first-order valence-corrected chi connectivity index (χ1v) is 44.9. The van der Waals surface area contributed by atoms with Gasteiger partial charge in [0.2, 0.25) is 0 Å². The SMILES string of the molecule is CC(N)CCCC(C)(C)O.CN(N=O)C(N)=O.COC(=O)[C@H](c1ccccc1Cl)N1CCc2sccc2C1.COC1[C@@H](O[C@@H]2O[C@H](C)[C@@H](O[C@H]3C[C@@](C)(O)[C@H](OC(=O)CC(C)C)[C@H](C)O3)[C@H](N(C)C)[C@H]2O)[C@@H](CC=O)C[C@@H](C)[C@@H](O)/C=C/C=C/C[C@@H](C)OC(=O)C[C@H]1OC(C)=O.Cc1cc(=O)oc2cc(O)ccc12.Cc1ccccc1C(OCCN(C)C)c1ccccc1. The van der Waals surface area contributed by atoms with Gasteiger partial charge in [-0.1, -0.05) is 129 Å². The molecule has 0 aliphatic carbocycles. The number of carbonyl (C=O) groups excluding carboxylic acids is 6. The van der Waals surface area contributed by atoms with Crippen LogP contribution in [0.25, 0.3) is 11.0 Å². The van der Waals surface area contributed by atoms with Crippen LogP contribution < -0.4 is 17.1 Å². The number of halogens is 1. The Morgan fingerprint density at radius 2 is 1.51 bits per heavy atom. The molecule has 4 aliphatic rings. The number of nitrogens with two attached hydrogens (primary N) is 2. The van der Waals surface area contributed by atoms with Crippen molar-refractivity contribution in [3.63, 3.8) is 0 Å². The standard InChI is InChI=1S/C42H69NO15.C18H23NO.C16H16ClNO2S.C10H8O3.C8H19NO.C2H5N3O2/c1-23(2)19-32(47)56-40-27(6)53-34(22-42(40,8)50)57-37-26(5)54-41(36(49)35(37)43(9)10)58-38-29(17-18-44)20-24(3)30(46)16-14-12-13-15-25(4)52-33(48)21-31(39(38)51-11)55-28(7)45;1-15-9-7-8-12-17(15)18(20-14-13-19(2)3)16-10-5-4-6-11-16;1-20-16(19)15(12-4-2-3-5-13(12)17)18-8-6-14-11(10-18)7-9-21-14;1-6-4-10(12)13-9-5-7(11)2-3-8(6)9;1-7(9)5-4-6-8(2,3)10;1-5(4-7)2(3)6/h12-14,16,18,23-27,29-31,34-41,46,49-50H,15,17,19-22H2,1-11H3;4-12,18H,13-14H2,1-3H3;2-5,7,9,15H,6,8,10H2,1H3;2-5,11H,1H3;7,10H,4-6,9H2,1-3H3;1H3,(H2,3,6)/b13-12+,16-14+;;;;;/t24-,25-,26-,27+,29+,30+,31-,34+,35-,36-,37-,38+,39?,40-,41+,42-;;15-;;;/m1.0.../s1. The predicted octanol–water partition coefficient (Wildman–Crippen LogP) is 13.1. The maximum atomic E-state index is 13.2. The van der Waals surface area contributed by atoms with E-state index in [1.54, 1.807) is 94.5 Å². The number of aliphatic hydroxyl groups excluding tert-OH is 2. The summed E-state index contributed by atoms with van der Waals surface area (Å²) in [5, 5.41) is 59.3. The monoisotopic (exact) mass is 1840 g/mol. The molecule has 2 fully saturated rings. The molecule has 2 amide bonds. The lowest BCUT2D eigenvalue weighted by atomic mass is 9.82. The smallest absolute Gasteiger partial charge is 0.337 e. The van der Waals surface area contributed by atoms with E-state index in [0.717, 1.165) is 68.4 Å². The highest BCUT2D eigenvalue weighted by Gasteiger charge is 2.53. The van der Waals surface area contributed by atoms with Gasteiger partial charge in [0.25, 0.3) is 0 Å². The van der Waals surface area contributed by atoms with Crippen molar-refractivity contribution < 1.29 is 106 Å². The fourth-order valence-corrected chi connectivity index (χ4v) is 16.4. The summed E-state index contributed by atoms with van der Waals surface area (Å²) in [7, 11) is 11.6. The first kappa shape index (κ1) is 111. The van der Waals surface area contributed by atoms with Crippen LogP contribution in [0.1, 0.15) is 184 Å². The summed E-state index contributed by atoms with van der Waals surface area (Å²) >= 11 is 8.07. The Labute approximate surface area is 768 Å². The number of ether oxygens (including phenoxy) is 10. The van der Waals surface area contributed by atoms with Crippen LogP contribution in [0.4, 0.5) is 4.79 Å². The fourth-order valence-electron chi connectivity index (χ4n) is 15.3. The van der Waals surface area contributed by atoms with Gasteiger partial charge in [-0.05, 0) is 203 Å². The lowest BCUT2D eigenvalue weighted by Crippen LogP contribution is -2.66. The normalized spacial score (nSPS) is 25.6. The molecule has 4 aliphatic heterocycles. The van der Waals surface area contributed by atoms with Crippen LogP contribution in [0.5, 0.6) is 5.75 Å². The Kier molecular flexibility index (Phi) is 47.1. The van der Waals surface area contributed by atoms with Gasteiger partial charge in [0.15, 0.2) is 18.7 Å². The van der Waals surface area contributed by atoms with Gasteiger partial charge >= 0.3 is 35.5 Å². The number of amides is 2. The number of phenolic OH excluding ortho intramolecular Hbond substituents is 1.